The third-order valence-corrected chi connectivity index (χ3v) is 5.14. The van der Waals surface area contributed by atoms with E-state index in [1.807, 2.05) is 0 Å². The smallest absolute Gasteiger partial charge is 0.0348 e. The molecule has 2 saturated carbocycles. The lowest BCUT2D eigenvalue weighted by molar-refractivity contribution is 0.182. The standard InChI is InChI=1S/C15H26/c1-4-5-6-7-8-13-9-14-10-15(13)12(3)11(14)2/h5-6,11-15H,4,7-10H2,1-3H3. The highest BCUT2D eigenvalue weighted by Gasteiger charge is 2.47. The van der Waals surface area contributed by atoms with E-state index in [2.05, 4.69) is 32.9 Å². The highest BCUT2D eigenvalue weighted by molar-refractivity contribution is 4.98. The normalized spacial score (nSPS) is 44.3. The fourth-order valence-corrected chi connectivity index (χ4v) is 4.02. The molecule has 2 aliphatic rings. The van der Waals surface area contributed by atoms with Gasteiger partial charge in [-0.3, -0.25) is 0 Å². The molecule has 0 nitrogen and oxygen atoms in total. The first kappa shape index (κ1) is 11.2. The molecule has 0 amide bonds. The molecule has 0 spiro atoms. The van der Waals surface area contributed by atoms with Crippen LogP contribution in [0.2, 0.25) is 0 Å². The van der Waals surface area contributed by atoms with E-state index in [-0.39, 0.29) is 0 Å². The summed E-state index contributed by atoms with van der Waals surface area (Å²) in [7, 11) is 0. The van der Waals surface area contributed by atoms with E-state index in [1.54, 1.807) is 6.42 Å². The molecule has 0 aliphatic heterocycles. The quantitative estimate of drug-likeness (QED) is 0.587. The lowest BCUT2D eigenvalue weighted by atomic mass is 9.74. The van der Waals surface area contributed by atoms with Crippen LogP contribution in [0.1, 0.15) is 52.9 Å². The fraction of sp³-hybridized carbons (Fsp3) is 0.867. The largest absolute Gasteiger partial charge is 0.0888 e. The highest BCUT2D eigenvalue weighted by atomic mass is 14.5. The van der Waals surface area contributed by atoms with Gasteiger partial charge in [-0.15, -0.1) is 0 Å². The van der Waals surface area contributed by atoms with Gasteiger partial charge in [0, 0.05) is 0 Å². The van der Waals surface area contributed by atoms with Crippen LogP contribution in [0, 0.1) is 29.6 Å². The van der Waals surface area contributed by atoms with E-state index < -0.39 is 0 Å². The molecule has 0 radical (unpaired) electrons. The number of rotatable bonds is 4. The van der Waals surface area contributed by atoms with E-state index in [4.69, 9.17) is 0 Å². The van der Waals surface area contributed by atoms with Gasteiger partial charge < -0.3 is 0 Å². The second-order valence-corrected chi connectivity index (χ2v) is 5.83. The molecule has 5 unspecified atom stereocenters. The van der Waals surface area contributed by atoms with Crippen LogP contribution in [0.25, 0.3) is 0 Å². The van der Waals surface area contributed by atoms with Gasteiger partial charge in [0.15, 0.2) is 0 Å². The Balaban J connectivity index is 1.80. The molecule has 0 heteroatoms. The van der Waals surface area contributed by atoms with Crippen molar-refractivity contribution in [2.75, 3.05) is 0 Å². The van der Waals surface area contributed by atoms with Gasteiger partial charge >= 0.3 is 0 Å². The molecular formula is C15H26. The monoisotopic (exact) mass is 206 g/mol. The van der Waals surface area contributed by atoms with Crippen LogP contribution in [0.4, 0.5) is 0 Å². The average molecular weight is 206 g/mol. The molecule has 2 aliphatic carbocycles. The zero-order valence-corrected chi connectivity index (χ0v) is 10.6. The average Bonchev–Trinajstić information content (AvgIpc) is 2.75. The van der Waals surface area contributed by atoms with Gasteiger partial charge in [-0.2, -0.15) is 0 Å². The van der Waals surface area contributed by atoms with Crippen molar-refractivity contribution in [3.05, 3.63) is 12.2 Å². The highest BCUT2D eigenvalue weighted by Crippen LogP contribution is 2.56. The van der Waals surface area contributed by atoms with Crippen molar-refractivity contribution in [1.82, 2.24) is 0 Å². The predicted octanol–water partition coefficient (Wildman–Crippen LogP) is 4.66. The first-order valence-electron chi connectivity index (χ1n) is 6.89. The van der Waals surface area contributed by atoms with Gasteiger partial charge in [0.2, 0.25) is 0 Å². The Labute approximate surface area is 95.1 Å². The van der Waals surface area contributed by atoms with E-state index in [0.29, 0.717) is 0 Å². The Morgan fingerprint density at radius 3 is 2.47 bits per heavy atom. The van der Waals surface area contributed by atoms with E-state index in [9.17, 15) is 0 Å². The fourth-order valence-electron chi connectivity index (χ4n) is 4.02. The van der Waals surface area contributed by atoms with Crippen LogP contribution >= 0.6 is 0 Å². The Bertz CT molecular complexity index is 226. The van der Waals surface area contributed by atoms with Gasteiger partial charge in [0.25, 0.3) is 0 Å². The molecule has 0 heterocycles. The summed E-state index contributed by atoms with van der Waals surface area (Å²) >= 11 is 0. The second-order valence-electron chi connectivity index (χ2n) is 5.83. The summed E-state index contributed by atoms with van der Waals surface area (Å²) in [5.41, 5.74) is 0. The molecule has 0 saturated heterocycles. The summed E-state index contributed by atoms with van der Waals surface area (Å²) < 4.78 is 0. The van der Waals surface area contributed by atoms with Crippen molar-refractivity contribution in [1.29, 1.82) is 0 Å². The Kier molecular flexibility index (Phi) is 3.53. The summed E-state index contributed by atoms with van der Waals surface area (Å²) in [4.78, 5) is 0. The first-order chi connectivity index (χ1) is 7.24. The Morgan fingerprint density at radius 2 is 1.87 bits per heavy atom. The predicted molar refractivity (Wildman–Crippen MR) is 66.7 cm³/mol. The van der Waals surface area contributed by atoms with E-state index >= 15 is 0 Å². The third kappa shape index (κ3) is 2.14. The SMILES string of the molecule is CCC=CCCC1CC2CC1C(C)C2C. The number of hydrogen-bond acceptors (Lipinski definition) is 0. The van der Waals surface area contributed by atoms with Crippen LogP contribution < -0.4 is 0 Å². The van der Waals surface area contributed by atoms with Crippen molar-refractivity contribution in [3.63, 3.8) is 0 Å². The molecule has 2 rings (SSSR count). The minimum absolute atomic E-state index is 1.00. The maximum Gasteiger partial charge on any atom is -0.0348 e. The van der Waals surface area contributed by atoms with Crippen molar-refractivity contribution < 1.29 is 0 Å². The van der Waals surface area contributed by atoms with Crippen LogP contribution in [-0.2, 0) is 0 Å². The molecule has 2 fully saturated rings. The van der Waals surface area contributed by atoms with Crippen molar-refractivity contribution in [2.45, 2.75) is 52.9 Å². The van der Waals surface area contributed by atoms with Crippen molar-refractivity contribution in [3.8, 4) is 0 Å². The minimum atomic E-state index is 1.00. The summed E-state index contributed by atoms with van der Waals surface area (Å²) in [5.74, 6) is 5.22. The molecule has 2 bridgehead atoms. The lowest BCUT2D eigenvalue weighted by Crippen LogP contribution is -2.24. The molecule has 0 aromatic carbocycles. The summed E-state index contributed by atoms with van der Waals surface area (Å²) in [5, 5.41) is 0. The minimum Gasteiger partial charge on any atom is -0.0888 e. The maximum absolute atomic E-state index is 2.49. The lowest BCUT2D eigenvalue weighted by Gasteiger charge is -2.31. The second kappa shape index (κ2) is 4.72. The van der Waals surface area contributed by atoms with Crippen molar-refractivity contribution in [2.24, 2.45) is 29.6 Å². The van der Waals surface area contributed by atoms with E-state index in [1.165, 1.54) is 25.7 Å². The number of fused-ring (bicyclic) bond motifs is 2. The first-order valence-corrected chi connectivity index (χ1v) is 6.89. The topological polar surface area (TPSA) is 0 Å². The molecule has 0 aromatic rings. The van der Waals surface area contributed by atoms with E-state index in [0.717, 1.165) is 29.6 Å². The summed E-state index contributed by atoms with van der Waals surface area (Å²) in [6.45, 7) is 7.18. The molecular weight excluding hydrogens is 180 g/mol. The van der Waals surface area contributed by atoms with Gasteiger partial charge in [0.05, 0.1) is 0 Å². The molecule has 0 N–H and O–H groups in total. The summed E-state index contributed by atoms with van der Waals surface area (Å²) in [6.07, 6.45) is 11.8. The van der Waals surface area contributed by atoms with Crippen LogP contribution in [0.5, 0.6) is 0 Å². The van der Waals surface area contributed by atoms with Gasteiger partial charge in [0.1, 0.15) is 0 Å². The zero-order valence-electron chi connectivity index (χ0n) is 10.6. The molecule has 0 aromatic heterocycles. The number of allylic oxidation sites excluding steroid dienone is 2. The Hall–Kier alpha value is -0.260. The van der Waals surface area contributed by atoms with Gasteiger partial charge in [-0.25, -0.2) is 0 Å². The van der Waals surface area contributed by atoms with Crippen molar-refractivity contribution >= 4 is 0 Å². The van der Waals surface area contributed by atoms with Gasteiger partial charge in [-0.1, -0.05) is 32.9 Å². The molecule has 86 valence electrons. The summed E-state index contributed by atoms with van der Waals surface area (Å²) in [6, 6.07) is 0. The zero-order chi connectivity index (χ0) is 10.8. The molecule has 15 heavy (non-hydrogen) atoms. The number of hydrogen-bond donors (Lipinski definition) is 0. The Morgan fingerprint density at radius 1 is 1.07 bits per heavy atom. The molecule has 5 atom stereocenters. The van der Waals surface area contributed by atoms with Crippen LogP contribution in [0.15, 0.2) is 12.2 Å². The van der Waals surface area contributed by atoms with Crippen LogP contribution in [-0.4, -0.2) is 0 Å². The maximum atomic E-state index is 2.49. The van der Waals surface area contributed by atoms with Crippen LogP contribution in [0.3, 0.4) is 0 Å². The van der Waals surface area contributed by atoms with Gasteiger partial charge in [-0.05, 0) is 61.7 Å². The third-order valence-electron chi connectivity index (χ3n) is 5.14.